The van der Waals surface area contributed by atoms with Crippen molar-refractivity contribution < 1.29 is 73.7 Å². The van der Waals surface area contributed by atoms with Crippen molar-refractivity contribution in [3.63, 3.8) is 0 Å². The number of hydrogen-bond donors (Lipinski definition) is 7. The highest BCUT2D eigenvalue weighted by molar-refractivity contribution is 6.02. The number of fused-ring (bicyclic) bond motifs is 1. The monoisotopic (exact) mass is 700 g/mol. The van der Waals surface area contributed by atoms with E-state index in [1.807, 2.05) is 30.3 Å². The molecule has 3 aromatic carbocycles. The molecular formula is C35H40O15. The molecule has 2 saturated heterocycles. The molecule has 3 aliphatic heterocycles. The summed E-state index contributed by atoms with van der Waals surface area (Å²) >= 11 is 0. The van der Waals surface area contributed by atoms with Crippen LogP contribution in [0.15, 0.2) is 60.7 Å². The van der Waals surface area contributed by atoms with Crippen molar-refractivity contribution in [2.75, 3.05) is 13.7 Å². The Hall–Kier alpha value is -4.03. The number of Topliss-reactive ketones (excluding diaryl/α,β-unsaturated/α-hetero) is 1. The smallest absolute Gasteiger partial charge is 0.229 e. The number of phenols is 1. The summed E-state index contributed by atoms with van der Waals surface area (Å²) in [6.07, 6.45) is -16.3. The van der Waals surface area contributed by atoms with Gasteiger partial charge in [-0.3, -0.25) is 4.79 Å². The predicted octanol–water partition coefficient (Wildman–Crippen LogP) is 0.717. The summed E-state index contributed by atoms with van der Waals surface area (Å²) in [5.74, 6) is -0.0943. The van der Waals surface area contributed by atoms with Crippen LogP contribution in [0.25, 0.3) is 0 Å². The first-order valence-corrected chi connectivity index (χ1v) is 16.0. The summed E-state index contributed by atoms with van der Waals surface area (Å²) in [4.78, 5) is 13.3. The fourth-order valence-corrected chi connectivity index (χ4v) is 6.12. The van der Waals surface area contributed by atoms with E-state index in [4.69, 9.17) is 33.2 Å². The molecule has 0 aromatic heterocycles. The summed E-state index contributed by atoms with van der Waals surface area (Å²) < 4.78 is 40.6. The van der Waals surface area contributed by atoms with Gasteiger partial charge in [0.25, 0.3) is 0 Å². The third-order valence-corrected chi connectivity index (χ3v) is 8.95. The Morgan fingerprint density at radius 2 is 1.60 bits per heavy atom. The third-order valence-electron chi connectivity index (χ3n) is 8.95. The van der Waals surface area contributed by atoms with Crippen LogP contribution in [0.3, 0.4) is 0 Å². The van der Waals surface area contributed by atoms with Crippen LogP contribution in [0, 0.1) is 0 Å². The molecule has 0 bridgehead atoms. The average molecular weight is 701 g/mol. The number of ketones is 1. The van der Waals surface area contributed by atoms with Gasteiger partial charge in [0.15, 0.2) is 29.7 Å². The number of ether oxygens (including phenoxy) is 7. The Balaban J connectivity index is 1.24. The molecule has 6 rings (SSSR count). The maximum Gasteiger partial charge on any atom is 0.229 e. The molecule has 2 fully saturated rings. The molecule has 3 heterocycles. The van der Waals surface area contributed by atoms with Crippen LogP contribution in [0.4, 0.5) is 0 Å². The molecule has 3 aliphatic rings. The molecule has 0 amide bonds. The number of benzene rings is 3. The number of carbonyl (C=O) groups is 1. The fraction of sp³-hybridized carbons (Fsp3) is 0.457. The van der Waals surface area contributed by atoms with Gasteiger partial charge in [0.05, 0.1) is 26.2 Å². The Labute approximate surface area is 286 Å². The number of hydrogen-bond acceptors (Lipinski definition) is 15. The van der Waals surface area contributed by atoms with Crippen LogP contribution in [0.5, 0.6) is 28.7 Å². The molecular weight excluding hydrogens is 660 g/mol. The number of methoxy groups -OCH3 is 1. The van der Waals surface area contributed by atoms with E-state index in [1.165, 1.54) is 20.1 Å². The summed E-state index contributed by atoms with van der Waals surface area (Å²) in [5, 5.41) is 73.0. The van der Waals surface area contributed by atoms with Crippen LogP contribution >= 0.6 is 0 Å². The van der Waals surface area contributed by atoms with Gasteiger partial charge in [-0.25, -0.2) is 0 Å². The van der Waals surface area contributed by atoms with Gasteiger partial charge in [-0.15, -0.1) is 0 Å². The Morgan fingerprint density at radius 3 is 2.32 bits per heavy atom. The summed E-state index contributed by atoms with van der Waals surface area (Å²) in [6, 6.07) is 17.1. The Kier molecular flexibility index (Phi) is 10.8. The second-order valence-corrected chi connectivity index (χ2v) is 12.3. The van der Waals surface area contributed by atoms with E-state index < -0.39 is 85.7 Å². The van der Waals surface area contributed by atoms with E-state index >= 15 is 0 Å². The van der Waals surface area contributed by atoms with Gasteiger partial charge in [0, 0.05) is 12.1 Å². The first-order chi connectivity index (χ1) is 24.0. The SMILES string of the molecule is COc1ccc([C@@H]2CC(=O)c3c(O)cc(O[C@@H]4O[C@H](CO)[C@@H](O)[C@H](O)[C@H]4O[C@@H]4O[C@@H](C)[C@H](O)[C@@H](O)[C@H]4O)cc3O2)cc1OCc1ccccc1. The lowest BCUT2D eigenvalue weighted by Gasteiger charge is -2.45. The molecule has 11 atom stereocenters. The lowest BCUT2D eigenvalue weighted by molar-refractivity contribution is -0.354. The number of aliphatic hydroxyl groups is 6. The molecule has 7 N–H and O–H groups in total. The van der Waals surface area contributed by atoms with Gasteiger partial charge in [0.2, 0.25) is 6.29 Å². The molecule has 15 nitrogen and oxygen atoms in total. The average Bonchev–Trinajstić information content (AvgIpc) is 3.11. The second kappa shape index (κ2) is 15.1. The van der Waals surface area contributed by atoms with Crippen molar-refractivity contribution in [2.24, 2.45) is 0 Å². The van der Waals surface area contributed by atoms with Crippen molar-refractivity contribution in [3.05, 3.63) is 77.4 Å². The van der Waals surface area contributed by atoms with Crippen molar-refractivity contribution >= 4 is 5.78 Å². The minimum Gasteiger partial charge on any atom is -0.507 e. The van der Waals surface area contributed by atoms with Crippen molar-refractivity contribution in [2.45, 2.75) is 87.5 Å². The van der Waals surface area contributed by atoms with Gasteiger partial charge >= 0.3 is 0 Å². The molecule has 0 aliphatic carbocycles. The lowest BCUT2D eigenvalue weighted by atomic mass is 9.95. The Bertz CT molecular complexity index is 1640. The molecule has 15 heteroatoms. The third kappa shape index (κ3) is 7.23. The van der Waals surface area contributed by atoms with E-state index in [0.29, 0.717) is 17.1 Å². The van der Waals surface area contributed by atoms with E-state index in [9.17, 15) is 40.5 Å². The van der Waals surface area contributed by atoms with Crippen molar-refractivity contribution in [3.8, 4) is 28.7 Å². The van der Waals surface area contributed by atoms with E-state index in [-0.39, 0.29) is 30.1 Å². The fourth-order valence-electron chi connectivity index (χ4n) is 6.12. The van der Waals surface area contributed by atoms with E-state index in [1.54, 1.807) is 18.2 Å². The first-order valence-electron chi connectivity index (χ1n) is 16.0. The van der Waals surface area contributed by atoms with Gasteiger partial charge in [-0.2, -0.15) is 0 Å². The molecule has 0 radical (unpaired) electrons. The normalized spacial score (nSPS) is 32.5. The van der Waals surface area contributed by atoms with Crippen LogP contribution in [0.1, 0.15) is 40.9 Å². The largest absolute Gasteiger partial charge is 0.507 e. The number of rotatable bonds is 10. The van der Waals surface area contributed by atoms with E-state index in [2.05, 4.69) is 0 Å². The van der Waals surface area contributed by atoms with Gasteiger partial charge in [-0.05, 0) is 30.2 Å². The van der Waals surface area contributed by atoms with Gasteiger partial charge in [0.1, 0.15) is 72.1 Å². The first kappa shape index (κ1) is 35.8. The van der Waals surface area contributed by atoms with Gasteiger partial charge in [-0.1, -0.05) is 36.4 Å². The van der Waals surface area contributed by atoms with Crippen LogP contribution in [-0.4, -0.2) is 117 Å². The second-order valence-electron chi connectivity index (χ2n) is 12.3. The highest BCUT2D eigenvalue weighted by Crippen LogP contribution is 2.44. The minimum atomic E-state index is -1.76. The number of aliphatic hydroxyl groups excluding tert-OH is 6. The molecule has 0 unspecified atom stereocenters. The van der Waals surface area contributed by atoms with E-state index in [0.717, 1.165) is 11.6 Å². The molecule has 0 saturated carbocycles. The van der Waals surface area contributed by atoms with Gasteiger partial charge < -0.3 is 68.9 Å². The summed E-state index contributed by atoms with van der Waals surface area (Å²) in [6.45, 7) is 0.985. The van der Waals surface area contributed by atoms with Crippen LogP contribution in [0.2, 0.25) is 0 Å². The van der Waals surface area contributed by atoms with Crippen molar-refractivity contribution in [1.29, 1.82) is 0 Å². The highest BCUT2D eigenvalue weighted by Gasteiger charge is 2.51. The Morgan fingerprint density at radius 1 is 0.840 bits per heavy atom. The maximum atomic E-state index is 13.3. The lowest BCUT2D eigenvalue weighted by Crippen LogP contribution is -2.64. The maximum absolute atomic E-state index is 13.3. The number of phenolic OH excluding ortho intramolecular Hbond substituents is 1. The van der Waals surface area contributed by atoms with Crippen LogP contribution < -0.4 is 18.9 Å². The molecule has 270 valence electrons. The molecule has 50 heavy (non-hydrogen) atoms. The quantitative estimate of drug-likeness (QED) is 0.155. The molecule has 0 spiro atoms. The topological polar surface area (TPSA) is 223 Å². The zero-order chi connectivity index (χ0) is 35.7. The van der Waals surface area contributed by atoms with Crippen LogP contribution in [-0.2, 0) is 20.8 Å². The number of carbonyl (C=O) groups excluding carboxylic acids is 1. The minimum absolute atomic E-state index is 0.0200. The zero-order valence-corrected chi connectivity index (χ0v) is 27.1. The standard InChI is InChI=1S/C35H40O15/c1-16-28(39)30(41)32(43)34(46-16)50-33-31(42)29(40)26(14-36)49-35(33)47-19-11-20(37)27-21(38)13-23(48-25(27)12-19)18-8-9-22(44-2)24(10-18)45-15-17-6-4-3-5-7-17/h3-12,16,23,26,28-37,39-43H,13-15H2,1-2H3/t16-,23-,26+,28-,29+,30+,31-,32+,33+,34-,35+/m0/s1. The zero-order valence-electron chi connectivity index (χ0n) is 27.1. The predicted molar refractivity (Wildman–Crippen MR) is 170 cm³/mol. The van der Waals surface area contributed by atoms with Crippen molar-refractivity contribution in [1.82, 2.24) is 0 Å². The molecule has 3 aromatic rings. The summed E-state index contributed by atoms with van der Waals surface area (Å²) in [5.41, 5.74) is 1.46. The highest BCUT2D eigenvalue weighted by atomic mass is 16.8. The number of aromatic hydroxyl groups is 1. The summed E-state index contributed by atoms with van der Waals surface area (Å²) in [7, 11) is 1.51.